The number of ether oxygens (including phenoxy) is 1. The average Bonchev–Trinajstić information content (AvgIpc) is 2.68. The van der Waals surface area contributed by atoms with E-state index in [1.54, 1.807) is 11.6 Å². The third-order valence-electron chi connectivity index (χ3n) is 4.02. The van der Waals surface area contributed by atoms with Crippen LogP contribution in [-0.4, -0.2) is 22.7 Å². The van der Waals surface area contributed by atoms with Gasteiger partial charge in [-0.2, -0.15) is 4.98 Å². The van der Waals surface area contributed by atoms with Crippen molar-refractivity contribution in [2.45, 2.75) is 40.0 Å². The molecule has 1 aliphatic rings. The Balaban J connectivity index is 0.000000541. The van der Waals surface area contributed by atoms with E-state index in [0.717, 1.165) is 5.56 Å². The van der Waals surface area contributed by atoms with Gasteiger partial charge in [0.05, 0.1) is 6.10 Å². The minimum absolute atomic E-state index is 0.168. The van der Waals surface area contributed by atoms with Crippen LogP contribution in [0, 0.1) is 18.8 Å². The fourth-order valence-electron chi connectivity index (χ4n) is 2.48. The Morgan fingerprint density at radius 3 is 2.23 bits per heavy atom. The molecule has 1 fully saturated rings. The van der Waals surface area contributed by atoms with Crippen LogP contribution < -0.4 is 11.0 Å². The normalized spacial score (nSPS) is 27.5. The van der Waals surface area contributed by atoms with E-state index in [1.165, 1.54) is 0 Å². The van der Waals surface area contributed by atoms with Crippen molar-refractivity contribution >= 4 is 65.8 Å². The van der Waals surface area contributed by atoms with Crippen molar-refractivity contribution in [2.75, 3.05) is 12.4 Å². The number of nitrogens with zero attached hydrogens (tertiary/aromatic N) is 2. The number of aromatic nitrogens is 2. The molecular weight excluding hydrogens is 662 g/mol. The molecule has 1 aliphatic heterocycles. The Morgan fingerprint density at radius 2 is 1.82 bits per heavy atom. The minimum atomic E-state index is -0.278. The van der Waals surface area contributed by atoms with Crippen LogP contribution in [0.3, 0.4) is 0 Å². The van der Waals surface area contributed by atoms with E-state index in [0.29, 0.717) is 17.7 Å². The molecule has 4 unspecified atom stereocenters. The molecule has 1 aromatic heterocycles. The third-order valence-corrected chi connectivity index (χ3v) is 4.02. The number of aryl methyl sites for hydroxylation is 1. The van der Waals surface area contributed by atoms with Gasteiger partial charge in [0, 0.05) is 24.7 Å². The van der Waals surface area contributed by atoms with E-state index in [2.05, 4.69) is 91.0 Å². The third kappa shape index (κ3) is 5.74. The summed E-state index contributed by atoms with van der Waals surface area (Å²) in [6, 6.07) is 0. The molecule has 4 atom stereocenters. The molecule has 22 heavy (non-hydrogen) atoms. The van der Waals surface area contributed by atoms with Crippen molar-refractivity contribution in [1.82, 2.24) is 9.55 Å². The first kappa shape index (κ1) is 21.5. The van der Waals surface area contributed by atoms with Gasteiger partial charge in [-0.1, -0.05) is 13.8 Å². The van der Waals surface area contributed by atoms with Crippen LogP contribution in [0.2, 0.25) is 0 Å². The average molecular weight is 683 g/mol. The summed E-state index contributed by atoms with van der Waals surface area (Å²) in [6.45, 7) is 8.25. The van der Waals surface area contributed by atoms with Crippen molar-refractivity contribution < 1.29 is 9.66 Å². The SMILES string of the molecule is CNc1nc(=O)n(C2OC(C)C(C)C2C)cc1C.[I][V]([I])[I]. The Bertz CT molecular complexity index is 553. The molecule has 1 saturated heterocycles. The fraction of sp³-hybridized carbons (Fsp3) is 0.692. The van der Waals surface area contributed by atoms with Crippen LogP contribution in [0.1, 0.15) is 32.6 Å². The van der Waals surface area contributed by atoms with Gasteiger partial charge in [0.25, 0.3) is 0 Å². The van der Waals surface area contributed by atoms with Crippen molar-refractivity contribution in [1.29, 1.82) is 0 Å². The van der Waals surface area contributed by atoms with Crippen LogP contribution in [0.5, 0.6) is 0 Å². The second kappa shape index (κ2) is 9.78. The maximum absolute atomic E-state index is 12.0. The molecule has 0 bridgehead atoms. The predicted molar refractivity (Wildman–Crippen MR) is 113 cm³/mol. The predicted octanol–water partition coefficient (Wildman–Crippen LogP) is 4.44. The number of rotatable bonds is 2. The van der Waals surface area contributed by atoms with E-state index in [4.69, 9.17) is 4.74 Å². The van der Waals surface area contributed by atoms with Crippen LogP contribution in [0.25, 0.3) is 0 Å². The van der Waals surface area contributed by atoms with Crippen LogP contribution in [0.4, 0.5) is 5.82 Å². The summed E-state index contributed by atoms with van der Waals surface area (Å²) in [6.07, 6.45) is 1.79. The second-order valence-corrected chi connectivity index (χ2v) is 40.7. The van der Waals surface area contributed by atoms with Crippen molar-refractivity contribution in [2.24, 2.45) is 11.8 Å². The first-order chi connectivity index (χ1) is 10.2. The summed E-state index contributed by atoms with van der Waals surface area (Å²) in [5.74, 6) is 1.37. The molecule has 0 amide bonds. The van der Waals surface area contributed by atoms with Crippen LogP contribution >= 0.6 is 59.9 Å². The van der Waals surface area contributed by atoms with Crippen molar-refractivity contribution in [3.05, 3.63) is 22.2 Å². The summed E-state index contributed by atoms with van der Waals surface area (Å²) >= 11 is 7.39. The van der Waals surface area contributed by atoms with Crippen LogP contribution in [0.15, 0.2) is 11.0 Å². The monoisotopic (exact) mass is 683 g/mol. The zero-order valence-electron chi connectivity index (χ0n) is 13.2. The number of hydrogen-bond donors (Lipinski definition) is 1. The molecule has 0 aliphatic carbocycles. The van der Waals surface area contributed by atoms with Crippen molar-refractivity contribution in [3.8, 4) is 0 Å². The summed E-state index contributed by atoms with van der Waals surface area (Å²) in [4.78, 5) is 15.8. The molecule has 2 heterocycles. The Morgan fingerprint density at radius 1 is 1.27 bits per heavy atom. The number of halogens is 3. The molecule has 1 aromatic rings. The van der Waals surface area contributed by atoms with Gasteiger partial charge in [0.15, 0.2) is 0 Å². The standard InChI is InChI=1S/C13H21N3O2.3HI.V/c1-7-6-16(13(17)15-11(7)14-5)12-9(3)8(2)10(4)18-12;;;;/h6,8-10,12H,1-5H3,(H,14,15,17);3*1H;/q;;;;+3/p-3. The van der Waals surface area contributed by atoms with E-state index >= 15 is 0 Å². The molecule has 0 radical (unpaired) electrons. The summed E-state index contributed by atoms with van der Waals surface area (Å²) < 4.78 is 7.50. The van der Waals surface area contributed by atoms with E-state index in [9.17, 15) is 4.79 Å². The maximum atomic E-state index is 12.0. The first-order valence-electron chi connectivity index (χ1n) is 6.89. The van der Waals surface area contributed by atoms with Gasteiger partial charge in [-0.15, -0.1) is 0 Å². The zero-order chi connectivity index (χ0) is 17.0. The summed E-state index contributed by atoms with van der Waals surface area (Å²) in [5.41, 5.74) is 0.684. The quantitative estimate of drug-likeness (QED) is 0.470. The molecule has 1 N–H and O–H groups in total. The van der Waals surface area contributed by atoms with Gasteiger partial charge in [-0.25, -0.2) is 4.79 Å². The summed E-state index contributed by atoms with van der Waals surface area (Å²) in [5, 5.41) is 2.92. The Hall–Kier alpha value is 1.41. The van der Waals surface area contributed by atoms with E-state index in [-0.39, 0.29) is 22.9 Å². The number of hydrogen-bond acceptors (Lipinski definition) is 4. The van der Waals surface area contributed by atoms with Gasteiger partial charge in [0.2, 0.25) is 0 Å². The zero-order valence-corrected chi connectivity index (χ0v) is 21.0. The number of nitrogens with one attached hydrogen (secondary N) is 1. The van der Waals surface area contributed by atoms with Gasteiger partial charge >= 0.3 is 70.5 Å². The van der Waals surface area contributed by atoms with Gasteiger partial charge < -0.3 is 10.1 Å². The van der Waals surface area contributed by atoms with E-state index in [1.807, 2.05) is 13.1 Å². The fourth-order valence-corrected chi connectivity index (χ4v) is 2.48. The molecule has 0 spiro atoms. The topological polar surface area (TPSA) is 56.2 Å². The van der Waals surface area contributed by atoms with Crippen LogP contribution in [-0.2, 0) is 9.66 Å². The molecular formula is C13H21I3N3O2V. The summed E-state index contributed by atoms with van der Waals surface area (Å²) in [7, 11) is 1.76. The first-order valence-corrected chi connectivity index (χ1v) is 20.4. The molecule has 126 valence electrons. The Kier molecular flexibility index (Phi) is 9.54. The van der Waals surface area contributed by atoms with Crippen molar-refractivity contribution in [3.63, 3.8) is 0 Å². The molecule has 2 rings (SSSR count). The second-order valence-electron chi connectivity index (χ2n) is 5.35. The van der Waals surface area contributed by atoms with E-state index < -0.39 is 0 Å². The Labute approximate surface area is 169 Å². The number of anilines is 1. The van der Waals surface area contributed by atoms with Gasteiger partial charge in [0.1, 0.15) is 12.0 Å². The molecule has 0 aromatic carbocycles. The van der Waals surface area contributed by atoms with Gasteiger partial charge in [-0.05, 0) is 19.8 Å². The molecule has 5 nitrogen and oxygen atoms in total. The van der Waals surface area contributed by atoms with Gasteiger partial charge in [-0.3, -0.25) is 4.57 Å². The molecule has 9 heteroatoms. The molecule has 0 saturated carbocycles.